The molecule has 0 saturated heterocycles. The topological polar surface area (TPSA) is 97.0 Å². The van der Waals surface area contributed by atoms with Gasteiger partial charge in [-0.15, -0.1) is 0 Å². The highest BCUT2D eigenvalue weighted by atomic mass is 16.5. The highest BCUT2D eigenvalue weighted by molar-refractivity contribution is 6.07. The normalized spacial score (nSPS) is 14.8. The van der Waals surface area contributed by atoms with Crippen LogP contribution in [0.1, 0.15) is 42.0 Å². The Balaban J connectivity index is 1.58. The smallest absolute Gasteiger partial charge is 0.303 e. The first kappa shape index (κ1) is 25.0. The van der Waals surface area contributed by atoms with Crippen molar-refractivity contribution < 1.29 is 19.4 Å². The molecule has 8 nitrogen and oxygen atoms in total. The first-order valence-corrected chi connectivity index (χ1v) is 12.4. The third-order valence-electron chi connectivity index (χ3n) is 6.59. The minimum absolute atomic E-state index is 0.132. The number of hydrazone groups is 1. The van der Waals surface area contributed by atoms with Crippen molar-refractivity contribution in [1.29, 1.82) is 0 Å². The van der Waals surface area contributed by atoms with Gasteiger partial charge < -0.3 is 9.84 Å². The summed E-state index contributed by atoms with van der Waals surface area (Å²) in [4.78, 5) is 24.3. The van der Waals surface area contributed by atoms with Crippen LogP contribution in [-0.4, -0.2) is 44.6 Å². The number of aryl methyl sites for hydroxylation is 1. The summed E-state index contributed by atoms with van der Waals surface area (Å²) < 4.78 is 7.12. The first-order valence-electron chi connectivity index (χ1n) is 12.4. The predicted octanol–water partition coefficient (Wildman–Crippen LogP) is 5.40. The molecule has 0 saturated carbocycles. The van der Waals surface area contributed by atoms with E-state index in [1.165, 1.54) is 5.01 Å². The second kappa shape index (κ2) is 10.7. The van der Waals surface area contributed by atoms with Crippen LogP contribution in [-0.2, 0) is 9.59 Å². The first-order chi connectivity index (χ1) is 18.4. The van der Waals surface area contributed by atoms with Crippen molar-refractivity contribution in [3.8, 4) is 22.7 Å². The van der Waals surface area contributed by atoms with Crippen molar-refractivity contribution in [2.75, 3.05) is 7.11 Å². The number of amides is 1. The van der Waals surface area contributed by atoms with E-state index < -0.39 is 5.97 Å². The average molecular weight is 509 g/mol. The Morgan fingerprint density at radius 1 is 0.974 bits per heavy atom. The van der Waals surface area contributed by atoms with Crippen molar-refractivity contribution in [3.63, 3.8) is 0 Å². The monoisotopic (exact) mass is 508 g/mol. The summed E-state index contributed by atoms with van der Waals surface area (Å²) in [7, 11) is 1.60. The lowest BCUT2D eigenvalue weighted by molar-refractivity contribution is -0.141. The van der Waals surface area contributed by atoms with Crippen molar-refractivity contribution >= 4 is 17.6 Å². The predicted molar refractivity (Wildman–Crippen MR) is 144 cm³/mol. The molecule has 0 unspecified atom stereocenters. The number of carbonyl (C=O) groups is 2. The second-order valence-electron chi connectivity index (χ2n) is 9.21. The largest absolute Gasteiger partial charge is 0.497 e. The van der Waals surface area contributed by atoms with E-state index in [1.54, 1.807) is 7.11 Å². The molecule has 5 rings (SSSR count). The maximum absolute atomic E-state index is 13.2. The zero-order valence-electron chi connectivity index (χ0n) is 21.2. The SMILES string of the molecule is COc1ccc([C@@H]2CC(c3cn(-c4ccccc4)nc3-c3ccc(C)cc3)=NN2C(=O)CCC(=O)O)cc1. The summed E-state index contributed by atoms with van der Waals surface area (Å²) in [5, 5.41) is 20.2. The van der Waals surface area contributed by atoms with Crippen LogP contribution in [0.2, 0.25) is 0 Å². The summed E-state index contributed by atoms with van der Waals surface area (Å²) in [5.74, 6) is -0.647. The van der Waals surface area contributed by atoms with Crippen LogP contribution in [0.25, 0.3) is 16.9 Å². The molecule has 1 aliphatic rings. The lowest BCUT2D eigenvalue weighted by Crippen LogP contribution is -2.27. The van der Waals surface area contributed by atoms with Gasteiger partial charge in [0.2, 0.25) is 5.91 Å². The zero-order valence-corrected chi connectivity index (χ0v) is 21.2. The lowest BCUT2D eigenvalue weighted by atomic mass is 9.96. The van der Waals surface area contributed by atoms with Crippen LogP contribution in [0.5, 0.6) is 5.75 Å². The van der Waals surface area contributed by atoms with Gasteiger partial charge in [0, 0.05) is 30.2 Å². The van der Waals surface area contributed by atoms with Crippen molar-refractivity contribution in [3.05, 3.63) is 102 Å². The highest BCUT2D eigenvalue weighted by Crippen LogP contribution is 2.36. The summed E-state index contributed by atoms with van der Waals surface area (Å²) >= 11 is 0. The highest BCUT2D eigenvalue weighted by Gasteiger charge is 2.35. The molecule has 1 aliphatic heterocycles. The number of methoxy groups -OCH3 is 1. The zero-order chi connectivity index (χ0) is 26.6. The third-order valence-corrected chi connectivity index (χ3v) is 6.59. The Labute approximate surface area is 220 Å². The number of hydrogen-bond donors (Lipinski definition) is 1. The molecule has 192 valence electrons. The summed E-state index contributed by atoms with van der Waals surface area (Å²) in [5.41, 5.74) is 6.19. The molecule has 0 fully saturated rings. The second-order valence-corrected chi connectivity index (χ2v) is 9.21. The van der Waals surface area contributed by atoms with Gasteiger partial charge >= 0.3 is 5.97 Å². The van der Waals surface area contributed by atoms with Crippen molar-refractivity contribution in [2.45, 2.75) is 32.2 Å². The number of carbonyl (C=O) groups excluding carboxylic acids is 1. The molecular formula is C30H28N4O4. The Hall–Kier alpha value is -4.72. The van der Waals surface area contributed by atoms with Gasteiger partial charge in [-0.2, -0.15) is 10.2 Å². The van der Waals surface area contributed by atoms with Crippen LogP contribution in [0.3, 0.4) is 0 Å². The fraction of sp³-hybridized carbons (Fsp3) is 0.200. The number of aliphatic carboxylic acids is 1. The molecule has 38 heavy (non-hydrogen) atoms. The van der Waals surface area contributed by atoms with Crippen LogP contribution in [0.4, 0.5) is 0 Å². The number of hydrogen-bond acceptors (Lipinski definition) is 5. The maximum atomic E-state index is 13.2. The lowest BCUT2D eigenvalue weighted by Gasteiger charge is -2.22. The van der Waals surface area contributed by atoms with E-state index in [9.17, 15) is 9.59 Å². The standard InChI is InChI=1S/C30H28N4O4/c1-20-8-10-22(11-9-20)30-25(19-33(32-30)23-6-4-3-5-7-23)26-18-27(21-12-14-24(38-2)15-13-21)34(31-26)28(35)16-17-29(36)37/h3-15,19,27H,16-18H2,1-2H3,(H,36,37)/t27-/m0/s1. The van der Waals surface area contributed by atoms with E-state index in [4.69, 9.17) is 20.0 Å². The third kappa shape index (κ3) is 5.20. The van der Waals surface area contributed by atoms with Gasteiger partial charge in [-0.1, -0.05) is 60.2 Å². The molecule has 0 spiro atoms. The van der Waals surface area contributed by atoms with E-state index in [0.717, 1.165) is 33.6 Å². The quantitative estimate of drug-likeness (QED) is 0.344. The molecule has 3 aromatic carbocycles. The number of nitrogens with zero attached hydrogens (tertiary/aromatic N) is 4. The van der Waals surface area contributed by atoms with E-state index in [0.29, 0.717) is 17.9 Å². The number of ether oxygens (including phenoxy) is 1. The fourth-order valence-corrected chi connectivity index (χ4v) is 4.54. The average Bonchev–Trinajstić information content (AvgIpc) is 3.58. The fourth-order valence-electron chi connectivity index (χ4n) is 4.54. The Morgan fingerprint density at radius 2 is 1.68 bits per heavy atom. The maximum Gasteiger partial charge on any atom is 0.303 e. The Kier molecular flexibility index (Phi) is 7.04. The number of para-hydroxylation sites is 1. The van der Waals surface area contributed by atoms with Gasteiger partial charge in [0.05, 0.1) is 31.0 Å². The van der Waals surface area contributed by atoms with Gasteiger partial charge in [-0.25, -0.2) is 9.69 Å². The van der Waals surface area contributed by atoms with Crippen LogP contribution in [0, 0.1) is 6.92 Å². The van der Waals surface area contributed by atoms with Gasteiger partial charge in [0.15, 0.2) is 0 Å². The molecule has 4 aromatic rings. The molecule has 2 heterocycles. The Bertz CT molecular complexity index is 1480. The minimum atomic E-state index is -1.02. The van der Waals surface area contributed by atoms with Gasteiger partial charge in [0.25, 0.3) is 0 Å². The number of carboxylic acid groups (broad SMARTS) is 1. The summed E-state index contributed by atoms with van der Waals surface area (Å²) in [6.45, 7) is 2.04. The Morgan fingerprint density at radius 3 is 2.34 bits per heavy atom. The summed E-state index contributed by atoms with van der Waals surface area (Å²) in [6, 6.07) is 25.1. The van der Waals surface area contributed by atoms with Gasteiger partial charge in [-0.3, -0.25) is 9.59 Å². The minimum Gasteiger partial charge on any atom is -0.497 e. The molecule has 0 aliphatic carbocycles. The van der Waals surface area contributed by atoms with E-state index in [2.05, 4.69) is 0 Å². The molecule has 0 bridgehead atoms. The number of carboxylic acids is 1. The molecule has 1 aromatic heterocycles. The molecule has 0 radical (unpaired) electrons. The van der Waals surface area contributed by atoms with Crippen LogP contribution < -0.4 is 4.74 Å². The van der Waals surface area contributed by atoms with Gasteiger partial charge in [-0.05, 0) is 36.8 Å². The molecule has 8 heteroatoms. The van der Waals surface area contributed by atoms with Crippen molar-refractivity contribution in [1.82, 2.24) is 14.8 Å². The van der Waals surface area contributed by atoms with E-state index in [1.807, 2.05) is 96.7 Å². The molecular weight excluding hydrogens is 480 g/mol. The number of aromatic nitrogens is 2. The van der Waals surface area contributed by atoms with Crippen LogP contribution >= 0.6 is 0 Å². The van der Waals surface area contributed by atoms with E-state index >= 15 is 0 Å². The molecule has 1 atom stereocenters. The number of rotatable bonds is 8. The van der Waals surface area contributed by atoms with Gasteiger partial charge in [0.1, 0.15) is 11.4 Å². The molecule has 1 amide bonds. The van der Waals surface area contributed by atoms with Crippen LogP contribution in [0.15, 0.2) is 90.2 Å². The van der Waals surface area contributed by atoms with E-state index in [-0.39, 0.29) is 24.8 Å². The number of benzene rings is 3. The molecule has 1 N–H and O–H groups in total. The van der Waals surface area contributed by atoms with Crippen molar-refractivity contribution in [2.24, 2.45) is 5.10 Å². The summed E-state index contributed by atoms with van der Waals surface area (Å²) in [6.07, 6.45) is 2.02.